The van der Waals surface area contributed by atoms with Crippen LogP contribution in [0.15, 0.2) is 36.4 Å². The predicted molar refractivity (Wildman–Crippen MR) is 90.5 cm³/mol. The molecule has 0 aliphatic carbocycles. The van der Waals surface area contributed by atoms with Crippen LogP contribution in [0.5, 0.6) is 0 Å². The van der Waals surface area contributed by atoms with Crippen LogP contribution in [0.4, 0.5) is 0 Å². The number of carbonyl (C=O) groups is 1. The maximum absolute atomic E-state index is 12.3. The molecule has 5 nitrogen and oxygen atoms in total. The summed E-state index contributed by atoms with van der Waals surface area (Å²) in [5, 5.41) is 2.96. The molecule has 0 fully saturated rings. The van der Waals surface area contributed by atoms with E-state index in [1.165, 1.54) is 0 Å². The first-order chi connectivity index (χ1) is 11.1. The molecule has 0 aliphatic heterocycles. The topological polar surface area (TPSA) is 59.8 Å². The zero-order valence-corrected chi connectivity index (χ0v) is 13.6. The number of hydrogen-bond donors (Lipinski definition) is 1. The molecular weight excluding hydrogens is 288 g/mol. The zero-order valence-electron chi connectivity index (χ0n) is 13.6. The number of fused-ring (bicyclic) bond motifs is 1. The molecule has 0 atom stereocenters. The van der Waals surface area contributed by atoms with E-state index in [4.69, 9.17) is 0 Å². The van der Waals surface area contributed by atoms with Crippen molar-refractivity contribution in [2.24, 2.45) is 0 Å². The number of pyridine rings is 1. The van der Waals surface area contributed by atoms with E-state index in [-0.39, 0.29) is 5.91 Å². The Kier molecular flexibility index (Phi) is 4.10. The molecule has 3 aromatic rings. The monoisotopic (exact) mass is 308 g/mol. The molecule has 1 N–H and O–H groups in total. The predicted octanol–water partition coefficient (Wildman–Crippen LogP) is 2.79. The van der Waals surface area contributed by atoms with Crippen molar-refractivity contribution in [2.75, 3.05) is 6.54 Å². The van der Waals surface area contributed by atoms with E-state index < -0.39 is 0 Å². The summed E-state index contributed by atoms with van der Waals surface area (Å²) in [7, 11) is 0. The van der Waals surface area contributed by atoms with Crippen molar-refractivity contribution in [3.05, 3.63) is 59.2 Å². The molecule has 23 heavy (non-hydrogen) atoms. The smallest absolute Gasteiger partial charge is 0.253 e. The van der Waals surface area contributed by atoms with Gasteiger partial charge in [0.15, 0.2) is 0 Å². The van der Waals surface area contributed by atoms with Crippen molar-refractivity contribution in [1.82, 2.24) is 19.9 Å². The highest BCUT2D eigenvalue weighted by molar-refractivity contribution is 5.95. The summed E-state index contributed by atoms with van der Waals surface area (Å²) < 4.78 is 2.12. The number of amides is 1. The van der Waals surface area contributed by atoms with Crippen molar-refractivity contribution in [3.8, 4) is 0 Å². The Bertz CT molecular complexity index is 867. The number of benzene rings is 1. The third kappa shape index (κ3) is 3.08. The van der Waals surface area contributed by atoms with Gasteiger partial charge < -0.3 is 9.88 Å². The van der Waals surface area contributed by atoms with E-state index in [1.807, 2.05) is 57.2 Å². The first kappa shape index (κ1) is 15.2. The maximum atomic E-state index is 12.3. The SMILES string of the molecule is Cc1ccc(C(=O)NCCn2c(C)nc3ccccc32)c(C)n1. The van der Waals surface area contributed by atoms with Gasteiger partial charge >= 0.3 is 0 Å². The van der Waals surface area contributed by atoms with Crippen LogP contribution in [-0.4, -0.2) is 27.0 Å². The van der Waals surface area contributed by atoms with Crippen LogP contribution in [0, 0.1) is 20.8 Å². The number of carbonyl (C=O) groups excluding carboxylic acids is 1. The van der Waals surface area contributed by atoms with Gasteiger partial charge in [-0.15, -0.1) is 0 Å². The normalized spacial score (nSPS) is 10.9. The minimum Gasteiger partial charge on any atom is -0.350 e. The Morgan fingerprint density at radius 3 is 2.65 bits per heavy atom. The highest BCUT2D eigenvalue weighted by Gasteiger charge is 2.10. The molecule has 0 aliphatic rings. The summed E-state index contributed by atoms with van der Waals surface area (Å²) in [5.74, 6) is 0.866. The molecule has 0 radical (unpaired) electrons. The number of aryl methyl sites for hydroxylation is 3. The van der Waals surface area contributed by atoms with Gasteiger partial charge in [-0.05, 0) is 45.0 Å². The Hall–Kier alpha value is -2.69. The summed E-state index contributed by atoms with van der Waals surface area (Å²) in [6.07, 6.45) is 0. The average molecular weight is 308 g/mol. The molecule has 1 amide bonds. The summed E-state index contributed by atoms with van der Waals surface area (Å²) in [5.41, 5.74) is 4.37. The quantitative estimate of drug-likeness (QED) is 0.806. The molecule has 0 unspecified atom stereocenters. The van der Waals surface area contributed by atoms with E-state index in [2.05, 4.69) is 19.9 Å². The van der Waals surface area contributed by atoms with E-state index in [0.717, 1.165) is 28.2 Å². The molecule has 0 bridgehead atoms. The molecule has 2 aromatic heterocycles. The van der Waals surface area contributed by atoms with Crippen LogP contribution in [-0.2, 0) is 6.54 Å². The largest absolute Gasteiger partial charge is 0.350 e. The minimum absolute atomic E-state index is 0.0860. The van der Waals surface area contributed by atoms with Crippen molar-refractivity contribution in [2.45, 2.75) is 27.3 Å². The summed E-state index contributed by atoms with van der Waals surface area (Å²) >= 11 is 0. The third-order valence-electron chi connectivity index (χ3n) is 3.94. The van der Waals surface area contributed by atoms with Gasteiger partial charge in [-0.3, -0.25) is 9.78 Å². The van der Waals surface area contributed by atoms with Crippen LogP contribution in [0.1, 0.15) is 27.6 Å². The van der Waals surface area contributed by atoms with Gasteiger partial charge in [0.05, 0.1) is 22.3 Å². The first-order valence-electron chi connectivity index (χ1n) is 7.70. The second kappa shape index (κ2) is 6.20. The first-order valence-corrected chi connectivity index (χ1v) is 7.70. The van der Waals surface area contributed by atoms with Crippen LogP contribution in [0.2, 0.25) is 0 Å². The Balaban J connectivity index is 1.69. The lowest BCUT2D eigenvalue weighted by atomic mass is 10.2. The number of rotatable bonds is 4. The van der Waals surface area contributed by atoms with Gasteiger partial charge in [0.1, 0.15) is 5.82 Å². The van der Waals surface area contributed by atoms with Gasteiger partial charge in [0.2, 0.25) is 0 Å². The second-order valence-electron chi connectivity index (χ2n) is 5.64. The van der Waals surface area contributed by atoms with E-state index in [1.54, 1.807) is 0 Å². The molecule has 5 heteroatoms. The van der Waals surface area contributed by atoms with Gasteiger partial charge in [-0.2, -0.15) is 0 Å². The number of nitrogens with one attached hydrogen (secondary N) is 1. The fourth-order valence-corrected chi connectivity index (χ4v) is 2.78. The minimum atomic E-state index is -0.0860. The van der Waals surface area contributed by atoms with Crippen LogP contribution >= 0.6 is 0 Å². The van der Waals surface area contributed by atoms with Crippen molar-refractivity contribution >= 4 is 16.9 Å². The Labute approximate surface area is 135 Å². The summed E-state index contributed by atoms with van der Waals surface area (Å²) in [6.45, 7) is 7.00. The third-order valence-corrected chi connectivity index (χ3v) is 3.94. The van der Waals surface area contributed by atoms with Gasteiger partial charge in [-0.1, -0.05) is 12.1 Å². The molecule has 3 rings (SSSR count). The number of nitrogens with zero attached hydrogens (tertiary/aromatic N) is 3. The Morgan fingerprint density at radius 1 is 1.09 bits per heavy atom. The summed E-state index contributed by atoms with van der Waals surface area (Å²) in [4.78, 5) is 21.1. The molecule has 0 saturated heterocycles. The van der Waals surface area contributed by atoms with E-state index in [9.17, 15) is 4.79 Å². The maximum Gasteiger partial charge on any atom is 0.253 e. The molecule has 0 spiro atoms. The molecule has 2 heterocycles. The van der Waals surface area contributed by atoms with Gasteiger partial charge in [0, 0.05) is 18.8 Å². The fraction of sp³-hybridized carbons (Fsp3) is 0.278. The van der Waals surface area contributed by atoms with Gasteiger partial charge in [0.25, 0.3) is 5.91 Å². The van der Waals surface area contributed by atoms with Crippen LogP contribution < -0.4 is 5.32 Å². The second-order valence-corrected chi connectivity index (χ2v) is 5.64. The highest BCUT2D eigenvalue weighted by Crippen LogP contribution is 2.15. The molecular formula is C18H20N4O. The van der Waals surface area contributed by atoms with Crippen molar-refractivity contribution < 1.29 is 4.79 Å². The van der Waals surface area contributed by atoms with Gasteiger partial charge in [-0.25, -0.2) is 4.98 Å². The lowest BCUT2D eigenvalue weighted by molar-refractivity contribution is 0.0951. The lowest BCUT2D eigenvalue weighted by Crippen LogP contribution is -2.28. The fourth-order valence-electron chi connectivity index (χ4n) is 2.78. The van der Waals surface area contributed by atoms with E-state index >= 15 is 0 Å². The molecule has 118 valence electrons. The molecule has 0 saturated carbocycles. The van der Waals surface area contributed by atoms with Crippen LogP contribution in [0.25, 0.3) is 11.0 Å². The summed E-state index contributed by atoms with van der Waals surface area (Å²) in [6, 6.07) is 11.7. The molecule has 1 aromatic carbocycles. The van der Waals surface area contributed by atoms with E-state index in [0.29, 0.717) is 18.7 Å². The van der Waals surface area contributed by atoms with Crippen molar-refractivity contribution in [3.63, 3.8) is 0 Å². The lowest BCUT2D eigenvalue weighted by Gasteiger charge is -2.10. The number of hydrogen-bond acceptors (Lipinski definition) is 3. The Morgan fingerprint density at radius 2 is 1.87 bits per heavy atom. The highest BCUT2D eigenvalue weighted by atomic mass is 16.1. The average Bonchev–Trinajstić information content (AvgIpc) is 2.83. The van der Waals surface area contributed by atoms with Crippen LogP contribution in [0.3, 0.4) is 0 Å². The zero-order chi connectivity index (χ0) is 16.4. The van der Waals surface area contributed by atoms with Crippen molar-refractivity contribution in [1.29, 1.82) is 0 Å². The number of aromatic nitrogens is 3. The number of para-hydroxylation sites is 2. The standard InChI is InChI=1S/C18H20N4O/c1-12-8-9-15(13(2)20-12)18(23)19-10-11-22-14(3)21-16-6-4-5-7-17(16)22/h4-9H,10-11H2,1-3H3,(H,19,23). The number of imidazole rings is 1.